The van der Waals surface area contributed by atoms with Gasteiger partial charge >= 0.3 is 5.97 Å². The van der Waals surface area contributed by atoms with Gasteiger partial charge in [0.25, 0.3) is 0 Å². The Hall–Kier alpha value is -1.83. The summed E-state index contributed by atoms with van der Waals surface area (Å²) in [6.07, 6.45) is 3.83. The monoisotopic (exact) mass is 265 g/mol. The molecule has 1 aliphatic rings. The van der Waals surface area contributed by atoms with Gasteiger partial charge in [0, 0.05) is 6.20 Å². The first-order chi connectivity index (χ1) is 8.75. The first-order valence-electron chi connectivity index (χ1n) is 5.64. The fourth-order valence-electron chi connectivity index (χ4n) is 2.02. The van der Waals surface area contributed by atoms with Gasteiger partial charge < -0.3 is 5.11 Å². The van der Waals surface area contributed by atoms with Crippen LogP contribution in [0.25, 0.3) is 10.7 Å². The highest BCUT2D eigenvalue weighted by atomic mass is 32.1. The maximum atomic E-state index is 10.9. The number of aliphatic carboxylic acids is 1. The van der Waals surface area contributed by atoms with Crippen molar-refractivity contribution in [2.45, 2.75) is 25.3 Å². The molecule has 2 aromatic heterocycles. The summed E-state index contributed by atoms with van der Waals surface area (Å²) in [7, 11) is 0. The summed E-state index contributed by atoms with van der Waals surface area (Å²) < 4.78 is 1.64. The van der Waals surface area contributed by atoms with Crippen molar-refractivity contribution in [2.24, 2.45) is 5.92 Å². The normalized spacial score (nSPS) is 16.7. The number of thiazole rings is 1. The van der Waals surface area contributed by atoms with Crippen LogP contribution in [0.1, 0.15) is 25.3 Å². The van der Waals surface area contributed by atoms with Gasteiger partial charge in [-0.3, -0.25) is 9.78 Å². The smallest absolute Gasteiger partial charge is 0.305 e. The summed E-state index contributed by atoms with van der Waals surface area (Å²) in [5.74, 6) is 0.157. The predicted molar refractivity (Wildman–Crippen MR) is 62.9 cm³/mol. The third-order valence-corrected chi connectivity index (χ3v) is 3.78. The topological polar surface area (TPSA) is 93.8 Å². The Balaban J connectivity index is 1.95. The minimum Gasteiger partial charge on any atom is -0.481 e. The molecule has 7 nitrogen and oxygen atoms in total. The first-order valence-corrected chi connectivity index (χ1v) is 6.52. The van der Waals surface area contributed by atoms with Crippen LogP contribution in [0.3, 0.4) is 0 Å². The summed E-state index contributed by atoms with van der Waals surface area (Å²) in [5.41, 5.74) is 1.71. The molecule has 0 saturated heterocycles. The fourth-order valence-corrected chi connectivity index (χ4v) is 2.61. The molecule has 0 bridgehead atoms. The molecule has 2 aromatic rings. The highest BCUT2D eigenvalue weighted by Crippen LogP contribution is 2.42. The van der Waals surface area contributed by atoms with Gasteiger partial charge in [-0.05, 0) is 29.2 Å². The molecule has 1 aliphatic carbocycles. The zero-order valence-corrected chi connectivity index (χ0v) is 10.2. The summed E-state index contributed by atoms with van der Waals surface area (Å²) in [5, 5.41) is 20.6. The van der Waals surface area contributed by atoms with E-state index in [0.29, 0.717) is 11.7 Å². The van der Waals surface area contributed by atoms with Crippen LogP contribution in [0.4, 0.5) is 0 Å². The fraction of sp³-hybridized carbons (Fsp3) is 0.500. The van der Waals surface area contributed by atoms with Crippen LogP contribution < -0.4 is 0 Å². The van der Waals surface area contributed by atoms with Gasteiger partial charge in [-0.1, -0.05) is 0 Å². The highest BCUT2D eigenvalue weighted by molar-refractivity contribution is 7.13. The minimum atomic E-state index is -0.822. The van der Waals surface area contributed by atoms with E-state index in [1.165, 1.54) is 11.3 Å². The predicted octanol–water partition coefficient (Wildman–Crippen LogP) is 1.22. The molecular formula is C10H11N5O2S. The van der Waals surface area contributed by atoms with Crippen LogP contribution in [0, 0.1) is 5.92 Å². The maximum Gasteiger partial charge on any atom is 0.305 e. The molecule has 1 N–H and O–H groups in total. The maximum absolute atomic E-state index is 10.9. The molecule has 1 fully saturated rings. The zero-order valence-electron chi connectivity index (χ0n) is 9.43. The Morgan fingerprint density at radius 1 is 1.61 bits per heavy atom. The highest BCUT2D eigenvalue weighted by Gasteiger charge is 2.36. The summed E-state index contributed by atoms with van der Waals surface area (Å²) >= 11 is 1.44. The number of aromatic nitrogens is 5. The number of carboxylic acids is 1. The van der Waals surface area contributed by atoms with E-state index >= 15 is 0 Å². The largest absolute Gasteiger partial charge is 0.481 e. The van der Waals surface area contributed by atoms with Crippen LogP contribution in [-0.2, 0) is 4.79 Å². The molecular weight excluding hydrogens is 254 g/mol. The van der Waals surface area contributed by atoms with Gasteiger partial charge in [-0.15, -0.1) is 16.4 Å². The summed E-state index contributed by atoms with van der Waals surface area (Å²) in [6.45, 7) is 0. The van der Waals surface area contributed by atoms with Gasteiger partial charge in [-0.25, -0.2) is 4.68 Å². The van der Waals surface area contributed by atoms with Crippen molar-refractivity contribution in [3.05, 3.63) is 11.7 Å². The number of tetrazole rings is 1. The number of hydrogen-bond acceptors (Lipinski definition) is 6. The number of rotatable bonds is 5. The van der Waals surface area contributed by atoms with Crippen molar-refractivity contribution in [2.75, 3.05) is 0 Å². The molecule has 3 rings (SSSR count). The molecule has 0 radical (unpaired) electrons. The van der Waals surface area contributed by atoms with Crippen LogP contribution in [0.2, 0.25) is 0 Å². The van der Waals surface area contributed by atoms with Gasteiger partial charge in [-0.2, -0.15) is 0 Å². The average molecular weight is 265 g/mol. The quantitative estimate of drug-likeness (QED) is 0.873. The van der Waals surface area contributed by atoms with Crippen molar-refractivity contribution >= 4 is 17.3 Å². The Morgan fingerprint density at radius 3 is 3.06 bits per heavy atom. The van der Waals surface area contributed by atoms with Crippen molar-refractivity contribution in [1.29, 1.82) is 0 Å². The van der Waals surface area contributed by atoms with Gasteiger partial charge in [0.05, 0.1) is 22.9 Å². The SMILES string of the molecule is O=C(O)CC(C1CC1)n1nnnc1-c1cncs1. The van der Waals surface area contributed by atoms with Gasteiger partial charge in [0.1, 0.15) is 0 Å². The van der Waals surface area contributed by atoms with Crippen molar-refractivity contribution in [3.63, 3.8) is 0 Å². The first kappa shape index (κ1) is 11.3. The van der Waals surface area contributed by atoms with E-state index in [2.05, 4.69) is 20.5 Å². The summed E-state index contributed by atoms with van der Waals surface area (Å²) in [6, 6.07) is -0.158. The Labute approximate surface area is 106 Å². The second-order valence-electron chi connectivity index (χ2n) is 4.32. The van der Waals surface area contributed by atoms with E-state index in [9.17, 15) is 4.79 Å². The van der Waals surface area contributed by atoms with Crippen LogP contribution in [0.15, 0.2) is 11.7 Å². The molecule has 0 aliphatic heterocycles. The van der Waals surface area contributed by atoms with E-state index in [0.717, 1.165) is 17.7 Å². The third kappa shape index (κ3) is 2.10. The number of hydrogen-bond donors (Lipinski definition) is 1. The second kappa shape index (κ2) is 4.45. The lowest BCUT2D eigenvalue weighted by molar-refractivity contribution is -0.138. The molecule has 0 aromatic carbocycles. The Bertz CT molecular complexity index is 548. The molecule has 1 atom stereocenters. The summed E-state index contributed by atoms with van der Waals surface area (Å²) in [4.78, 5) is 15.8. The van der Waals surface area contributed by atoms with Crippen molar-refractivity contribution < 1.29 is 9.90 Å². The Morgan fingerprint density at radius 2 is 2.44 bits per heavy atom. The molecule has 94 valence electrons. The lowest BCUT2D eigenvalue weighted by Gasteiger charge is -2.14. The van der Waals surface area contributed by atoms with Gasteiger partial charge in [0.2, 0.25) is 0 Å². The minimum absolute atomic E-state index is 0.0571. The molecule has 0 spiro atoms. The average Bonchev–Trinajstić information content (AvgIpc) is 2.86. The van der Waals surface area contributed by atoms with E-state index in [1.54, 1.807) is 16.4 Å². The van der Waals surface area contributed by atoms with Crippen molar-refractivity contribution in [3.8, 4) is 10.7 Å². The Kier molecular flexibility index (Phi) is 2.78. The second-order valence-corrected chi connectivity index (χ2v) is 5.20. The molecule has 8 heteroatoms. The lowest BCUT2D eigenvalue weighted by Crippen LogP contribution is -2.18. The number of carbonyl (C=O) groups is 1. The van der Waals surface area contributed by atoms with Crippen LogP contribution in [-0.4, -0.2) is 36.3 Å². The standard InChI is InChI=1S/C10H11N5O2S/c16-9(17)3-7(6-1-2-6)15-10(12-13-14-15)8-4-11-5-18-8/h4-7H,1-3H2,(H,16,17). The number of nitrogens with zero attached hydrogens (tertiary/aromatic N) is 5. The van der Waals surface area contributed by atoms with E-state index in [4.69, 9.17) is 5.11 Å². The third-order valence-electron chi connectivity index (χ3n) is 3.01. The molecule has 1 saturated carbocycles. The molecule has 18 heavy (non-hydrogen) atoms. The van der Waals surface area contributed by atoms with Gasteiger partial charge in [0.15, 0.2) is 5.82 Å². The number of carboxylic acid groups (broad SMARTS) is 1. The van der Waals surface area contributed by atoms with E-state index < -0.39 is 5.97 Å². The van der Waals surface area contributed by atoms with Crippen molar-refractivity contribution in [1.82, 2.24) is 25.2 Å². The van der Waals surface area contributed by atoms with Crippen LogP contribution in [0.5, 0.6) is 0 Å². The van der Waals surface area contributed by atoms with E-state index in [-0.39, 0.29) is 12.5 Å². The molecule has 1 unspecified atom stereocenters. The molecule has 0 amide bonds. The van der Waals surface area contributed by atoms with E-state index in [1.807, 2.05) is 0 Å². The zero-order chi connectivity index (χ0) is 12.5. The van der Waals surface area contributed by atoms with Crippen LogP contribution >= 0.6 is 11.3 Å². The molecule has 2 heterocycles. The lowest BCUT2D eigenvalue weighted by atomic mass is 10.1.